The Bertz CT molecular complexity index is 965. The Morgan fingerprint density at radius 2 is 1.63 bits per heavy atom. The number of rotatable bonds is 3. The summed E-state index contributed by atoms with van der Waals surface area (Å²) in [6.45, 7) is 0.106. The normalized spacial score (nSPS) is 24.5. The summed E-state index contributed by atoms with van der Waals surface area (Å²) in [5.74, 6) is 0.482. The van der Waals surface area contributed by atoms with Crippen LogP contribution >= 0.6 is 0 Å². The van der Waals surface area contributed by atoms with Gasteiger partial charge in [-0.2, -0.15) is 0 Å². The molecule has 2 atom stereocenters. The highest BCUT2D eigenvalue weighted by Gasteiger charge is 2.42. The van der Waals surface area contributed by atoms with E-state index in [2.05, 4.69) is 24.3 Å². The molecule has 0 radical (unpaired) electrons. The molecule has 5 nitrogen and oxygen atoms in total. The van der Waals surface area contributed by atoms with Crippen LogP contribution in [0, 0.1) is 0 Å². The van der Waals surface area contributed by atoms with Gasteiger partial charge in [-0.15, -0.1) is 0 Å². The van der Waals surface area contributed by atoms with Crippen LogP contribution in [0.1, 0.15) is 54.1 Å². The van der Waals surface area contributed by atoms with Crippen LogP contribution in [-0.4, -0.2) is 40.4 Å². The number of para-hydroxylation sites is 1. The van der Waals surface area contributed by atoms with Crippen LogP contribution in [0.2, 0.25) is 0 Å². The summed E-state index contributed by atoms with van der Waals surface area (Å²) in [4.78, 5) is 30.8. The first-order valence-corrected chi connectivity index (χ1v) is 10.8. The van der Waals surface area contributed by atoms with Crippen molar-refractivity contribution in [1.29, 1.82) is 0 Å². The molecule has 154 valence electrons. The quantitative estimate of drug-likeness (QED) is 0.719. The zero-order valence-electron chi connectivity index (χ0n) is 16.9. The minimum absolute atomic E-state index is 0.0251. The Morgan fingerprint density at radius 3 is 2.43 bits per heavy atom. The molecule has 2 aromatic carbocycles. The van der Waals surface area contributed by atoms with Gasteiger partial charge in [-0.25, -0.2) is 0 Å². The third-order valence-corrected chi connectivity index (χ3v) is 6.49. The first-order valence-electron chi connectivity index (χ1n) is 10.8. The Morgan fingerprint density at radius 1 is 0.900 bits per heavy atom. The molecule has 0 aromatic heterocycles. The highest BCUT2D eigenvalue weighted by Crippen LogP contribution is 2.36. The smallest absolute Gasteiger partial charge is 0.260 e. The van der Waals surface area contributed by atoms with Gasteiger partial charge < -0.3 is 9.64 Å². The standard InChI is InChI=1S/C25H26N2O3/c28-24-20-13-6-7-16-23(20)30-17-26(24)22-15-8-14-21(18-9-2-1-3-10-18)27(25(22)29)19-11-4-5-12-19/h1-3,6-10,13-14,16,19,21-22H,4-5,11-12,15,17H2/t21-,22+/m0/s1. The molecule has 1 aliphatic carbocycles. The molecular weight excluding hydrogens is 376 g/mol. The molecule has 0 unspecified atom stereocenters. The van der Waals surface area contributed by atoms with Crippen molar-refractivity contribution >= 4 is 11.8 Å². The summed E-state index contributed by atoms with van der Waals surface area (Å²) in [5, 5.41) is 0. The largest absolute Gasteiger partial charge is 0.472 e. The van der Waals surface area contributed by atoms with Gasteiger partial charge in [-0.05, 0) is 37.0 Å². The van der Waals surface area contributed by atoms with Gasteiger partial charge in [0.05, 0.1) is 11.6 Å². The molecule has 1 fully saturated rings. The number of hydrogen-bond donors (Lipinski definition) is 0. The number of carbonyl (C=O) groups excluding carboxylic acids is 2. The van der Waals surface area contributed by atoms with E-state index in [1.165, 1.54) is 0 Å². The minimum Gasteiger partial charge on any atom is -0.472 e. The summed E-state index contributed by atoms with van der Waals surface area (Å²) in [6.07, 6.45) is 9.01. The van der Waals surface area contributed by atoms with Gasteiger partial charge >= 0.3 is 0 Å². The average Bonchev–Trinajstić information content (AvgIpc) is 3.26. The van der Waals surface area contributed by atoms with E-state index in [9.17, 15) is 9.59 Å². The number of fused-ring (bicyclic) bond motifs is 1. The van der Waals surface area contributed by atoms with E-state index in [0.717, 1.165) is 31.2 Å². The first-order chi connectivity index (χ1) is 14.7. The number of ether oxygens (including phenoxy) is 1. The fourth-order valence-electron chi connectivity index (χ4n) is 4.96. The van der Waals surface area contributed by atoms with Crippen molar-refractivity contribution in [1.82, 2.24) is 9.80 Å². The van der Waals surface area contributed by atoms with E-state index in [4.69, 9.17) is 4.74 Å². The summed E-state index contributed by atoms with van der Waals surface area (Å²) in [7, 11) is 0. The van der Waals surface area contributed by atoms with E-state index >= 15 is 0 Å². The van der Waals surface area contributed by atoms with Crippen molar-refractivity contribution in [3.8, 4) is 5.75 Å². The molecule has 30 heavy (non-hydrogen) atoms. The highest BCUT2D eigenvalue weighted by atomic mass is 16.5. The van der Waals surface area contributed by atoms with E-state index in [-0.39, 0.29) is 30.6 Å². The zero-order valence-corrected chi connectivity index (χ0v) is 16.9. The molecule has 1 saturated carbocycles. The number of amides is 2. The maximum absolute atomic E-state index is 13.9. The summed E-state index contributed by atoms with van der Waals surface area (Å²) in [6, 6.07) is 17.0. The lowest BCUT2D eigenvalue weighted by molar-refractivity contribution is -0.141. The van der Waals surface area contributed by atoms with Crippen LogP contribution in [0.15, 0.2) is 66.7 Å². The van der Waals surface area contributed by atoms with E-state index in [1.807, 2.05) is 35.2 Å². The maximum Gasteiger partial charge on any atom is 0.260 e. The van der Waals surface area contributed by atoms with Crippen molar-refractivity contribution in [2.24, 2.45) is 0 Å². The second-order valence-electron chi connectivity index (χ2n) is 8.26. The van der Waals surface area contributed by atoms with Crippen molar-refractivity contribution in [2.45, 2.75) is 50.2 Å². The number of hydrogen-bond acceptors (Lipinski definition) is 3. The van der Waals surface area contributed by atoms with Gasteiger partial charge in [0.25, 0.3) is 5.91 Å². The summed E-state index contributed by atoms with van der Waals surface area (Å²) >= 11 is 0. The van der Waals surface area contributed by atoms with Crippen LogP contribution in [0.5, 0.6) is 5.75 Å². The van der Waals surface area contributed by atoms with Gasteiger partial charge in [0.1, 0.15) is 11.8 Å². The van der Waals surface area contributed by atoms with Crippen molar-refractivity contribution < 1.29 is 14.3 Å². The molecular formula is C25H26N2O3. The van der Waals surface area contributed by atoms with Crippen molar-refractivity contribution in [3.63, 3.8) is 0 Å². The predicted molar refractivity (Wildman–Crippen MR) is 114 cm³/mol. The summed E-state index contributed by atoms with van der Waals surface area (Å²) in [5.41, 5.74) is 1.64. The second kappa shape index (κ2) is 7.98. The average molecular weight is 402 g/mol. The molecule has 0 bridgehead atoms. The lowest BCUT2D eigenvalue weighted by Crippen LogP contribution is -2.55. The van der Waals surface area contributed by atoms with Gasteiger partial charge in [0, 0.05) is 6.04 Å². The molecule has 2 heterocycles. The number of benzene rings is 2. The predicted octanol–water partition coefficient (Wildman–Crippen LogP) is 4.32. The number of carbonyl (C=O) groups is 2. The van der Waals surface area contributed by atoms with Crippen LogP contribution in [0.25, 0.3) is 0 Å². The zero-order chi connectivity index (χ0) is 20.5. The SMILES string of the molecule is O=C1c2ccccc2OCN1[C@@H]1CC=C[C@@H](c2ccccc2)N(C2CCCC2)C1=O. The molecule has 0 spiro atoms. The topological polar surface area (TPSA) is 49.9 Å². The van der Waals surface area contributed by atoms with E-state index < -0.39 is 6.04 Å². The van der Waals surface area contributed by atoms with Crippen LogP contribution in [0.3, 0.4) is 0 Å². The van der Waals surface area contributed by atoms with E-state index in [1.54, 1.807) is 17.0 Å². The monoisotopic (exact) mass is 402 g/mol. The lowest BCUT2D eigenvalue weighted by Gasteiger charge is -2.40. The van der Waals surface area contributed by atoms with Crippen LogP contribution < -0.4 is 4.74 Å². The van der Waals surface area contributed by atoms with Crippen molar-refractivity contribution in [3.05, 3.63) is 77.9 Å². The summed E-state index contributed by atoms with van der Waals surface area (Å²) < 4.78 is 5.83. The Labute approximate surface area is 176 Å². The third kappa shape index (κ3) is 3.28. The molecule has 2 aliphatic heterocycles. The number of nitrogens with zero attached hydrogens (tertiary/aromatic N) is 2. The maximum atomic E-state index is 13.9. The molecule has 2 amide bonds. The lowest BCUT2D eigenvalue weighted by atomic mass is 10.0. The third-order valence-electron chi connectivity index (χ3n) is 6.49. The van der Waals surface area contributed by atoms with Gasteiger partial charge in [0.15, 0.2) is 6.73 Å². The molecule has 5 heteroatoms. The molecule has 0 saturated heterocycles. The van der Waals surface area contributed by atoms with E-state index in [0.29, 0.717) is 17.7 Å². The van der Waals surface area contributed by atoms with Gasteiger partial charge in [-0.3, -0.25) is 14.5 Å². The second-order valence-corrected chi connectivity index (χ2v) is 8.26. The van der Waals surface area contributed by atoms with Crippen LogP contribution in [0.4, 0.5) is 0 Å². The Balaban J connectivity index is 1.49. The highest BCUT2D eigenvalue weighted by molar-refractivity contribution is 6.00. The first kappa shape index (κ1) is 18.9. The molecule has 0 N–H and O–H groups in total. The van der Waals surface area contributed by atoms with Gasteiger partial charge in [0.2, 0.25) is 5.91 Å². The van der Waals surface area contributed by atoms with Crippen LogP contribution in [-0.2, 0) is 4.79 Å². The Kier molecular flexibility index (Phi) is 5.03. The molecule has 2 aromatic rings. The molecule has 3 aliphatic rings. The van der Waals surface area contributed by atoms with Gasteiger partial charge in [-0.1, -0.05) is 67.5 Å². The Hall–Kier alpha value is -3.08. The molecule has 5 rings (SSSR count). The fraction of sp³-hybridized carbons (Fsp3) is 0.360. The van der Waals surface area contributed by atoms with Crippen molar-refractivity contribution in [2.75, 3.05) is 6.73 Å². The minimum atomic E-state index is -0.545. The fourth-order valence-corrected chi connectivity index (χ4v) is 4.96.